The van der Waals surface area contributed by atoms with Gasteiger partial charge in [-0.1, -0.05) is 0 Å². The van der Waals surface area contributed by atoms with Gasteiger partial charge in [-0.3, -0.25) is 0 Å². The second-order valence-corrected chi connectivity index (χ2v) is 8.27. The number of likely N-dealkylation sites (tertiary alicyclic amines) is 2. The third-order valence-corrected chi connectivity index (χ3v) is 6.37. The zero-order valence-electron chi connectivity index (χ0n) is 18.9. The van der Waals surface area contributed by atoms with E-state index in [0.717, 1.165) is 25.7 Å². The third-order valence-electron chi connectivity index (χ3n) is 6.37. The van der Waals surface area contributed by atoms with Crippen molar-refractivity contribution >= 4 is 0 Å². The normalized spacial score (nSPS) is 22.5. The Morgan fingerprint density at radius 2 is 1.48 bits per heavy atom. The molecule has 0 aromatic heterocycles. The van der Waals surface area contributed by atoms with Gasteiger partial charge in [-0.25, -0.2) is 0 Å². The van der Waals surface area contributed by atoms with E-state index in [4.69, 9.17) is 18.9 Å². The maximum Gasteiger partial charge on any atom is 0.203 e. The lowest BCUT2D eigenvalue weighted by Gasteiger charge is -2.36. The number of hydrogen-bond donors (Lipinski definition) is 3. The predicted molar refractivity (Wildman–Crippen MR) is 111 cm³/mol. The van der Waals surface area contributed by atoms with Gasteiger partial charge in [-0.05, 0) is 19.3 Å². The molecule has 31 heavy (non-hydrogen) atoms. The Morgan fingerprint density at radius 1 is 0.903 bits per heavy atom. The number of aliphatic hydroxyl groups is 1. The van der Waals surface area contributed by atoms with Gasteiger partial charge < -0.3 is 58.7 Å². The molecular weight excluding hydrogens is 443 g/mol. The Kier molecular flexibility index (Phi) is 12.7. The molecule has 3 N–H and O–H groups in total. The third kappa shape index (κ3) is 7.75. The summed E-state index contributed by atoms with van der Waals surface area (Å²) in [5.41, 5.74) is 0. The van der Waals surface area contributed by atoms with E-state index in [2.05, 4.69) is 0 Å². The highest BCUT2D eigenvalue weighted by molar-refractivity contribution is 5.55. The predicted octanol–water partition coefficient (Wildman–Crippen LogP) is -6.42. The molecule has 1 atom stereocenters. The molecule has 2 heterocycles. The second-order valence-electron chi connectivity index (χ2n) is 8.27. The van der Waals surface area contributed by atoms with Crippen LogP contribution in [0.3, 0.4) is 0 Å². The summed E-state index contributed by atoms with van der Waals surface area (Å²) < 4.78 is 21.9. The molecule has 0 amide bonds. The summed E-state index contributed by atoms with van der Waals surface area (Å²) in [5.74, 6) is 2.22. The molecule has 3 rings (SSSR count). The molecular formula is C22H38Cl2N2O5. The molecule has 0 radical (unpaired) electrons. The first-order chi connectivity index (χ1) is 14.1. The number of hydrogen-bond acceptors (Lipinski definition) is 5. The van der Waals surface area contributed by atoms with Crippen LogP contribution in [0.15, 0.2) is 12.1 Å². The molecule has 2 saturated heterocycles. The van der Waals surface area contributed by atoms with Crippen LogP contribution in [-0.2, 0) is 0 Å². The number of methoxy groups -OCH3 is 3. The van der Waals surface area contributed by atoms with Gasteiger partial charge in [0, 0.05) is 25.0 Å². The maximum absolute atomic E-state index is 10.5. The zero-order valence-corrected chi connectivity index (χ0v) is 20.4. The molecule has 1 unspecified atom stereocenters. The van der Waals surface area contributed by atoms with Crippen LogP contribution in [0.25, 0.3) is 0 Å². The van der Waals surface area contributed by atoms with Gasteiger partial charge in [0.2, 0.25) is 5.75 Å². The molecule has 2 fully saturated rings. The number of rotatable bonds is 9. The summed E-state index contributed by atoms with van der Waals surface area (Å²) in [6.45, 7) is 5.98. The summed E-state index contributed by atoms with van der Waals surface area (Å²) in [4.78, 5) is 3.31. The molecule has 0 bridgehead atoms. The fraction of sp³-hybridized carbons (Fsp3) is 0.727. The minimum absolute atomic E-state index is 0. The van der Waals surface area contributed by atoms with Crippen LogP contribution in [0.5, 0.6) is 23.0 Å². The van der Waals surface area contributed by atoms with E-state index in [0.29, 0.717) is 23.0 Å². The minimum atomic E-state index is -0.497. The van der Waals surface area contributed by atoms with Crippen molar-refractivity contribution in [3.63, 3.8) is 0 Å². The highest BCUT2D eigenvalue weighted by Gasteiger charge is 2.31. The molecule has 0 aliphatic carbocycles. The highest BCUT2D eigenvalue weighted by Crippen LogP contribution is 2.40. The molecule has 180 valence electrons. The molecule has 2 aliphatic heterocycles. The van der Waals surface area contributed by atoms with E-state index in [1.54, 1.807) is 33.5 Å². The van der Waals surface area contributed by atoms with Gasteiger partial charge in [0.15, 0.2) is 11.5 Å². The average Bonchev–Trinajstić information content (AvgIpc) is 2.78. The topological polar surface area (TPSA) is 66.0 Å². The average molecular weight is 481 g/mol. The van der Waals surface area contributed by atoms with Crippen molar-refractivity contribution in [3.8, 4) is 23.0 Å². The summed E-state index contributed by atoms with van der Waals surface area (Å²) in [7, 11) is 4.73. The Balaban J connectivity index is 0.00000240. The van der Waals surface area contributed by atoms with Gasteiger partial charge >= 0.3 is 0 Å². The highest BCUT2D eigenvalue weighted by atomic mass is 35.5. The van der Waals surface area contributed by atoms with Crippen LogP contribution >= 0.6 is 0 Å². The van der Waals surface area contributed by atoms with Crippen molar-refractivity contribution < 1.29 is 58.7 Å². The first kappa shape index (κ1) is 27.9. The molecule has 1 aromatic rings. The van der Waals surface area contributed by atoms with E-state index in [1.807, 2.05) is 4.90 Å². The standard InChI is InChI=1S/C22H36N2O5.2ClH/c1-26-20-13-19(14-21(27-2)22(20)28-3)29-16-18(25)15-23-11-7-17(8-12-23)24-9-5-4-6-10-24;;/h13-14,17-18,25H,4-12,15-16H2,1-3H3;2*1H. The van der Waals surface area contributed by atoms with Crippen molar-refractivity contribution in [3.05, 3.63) is 12.1 Å². The zero-order chi connectivity index (χ0) is 20.6. The van der Waals surface area contributed by atoms with Crippen molar-refractivity contribution in [2.45, 2.75) is 44.2 Å². The monoisotopic (exact) mass is 480 g/mol. The quantitative estimate of drug-likeness (QED) is 0.328. The van der Waals surface area contributed by atoms with E-state index in [9.17, 15) is 5.11 Å². The van der Waals surface area contributed by atoms with E-state index in [-0.39, 0.29) is 31.4 Å². The van der Waals surface area contributed by atoms with Gasteiger partial charge in [0.1, 0.15) is 25.0 Å². The summed E-state index contributed by atoms with van der Waals surface area (Å²) in [6, 6.07) is 4.34. The fourth-order valence-corrected chi connectivity index (χ4v) is 4.78. The number of halogens is 2. The first-order valence-corrected chi connectivity index (χ1v) is 10.9. The Bertz CT molecular complexity index is 613. The number of benzene rings is 1. The molecule has 9 heteroatoms. The Hall–Kier alpha value is -1.12. The summed E-state index contributed by atoms with van der Waals surface area (Å²) in [6.07, 6.45) is 6.23. The number of quaternary nitrogens is 2. The lowest BCUT2D eigenvalue weighted by atomic mass is 10.00. The molecule has 1 aromatic carbocycles. The number of piperidine rings is 2. The lowest BCUT2D eigenvalue weighted by molar-refractivity contribution is -0.961. The van der Waals surface area contributed by atoms with Crippen molar-refractivity contribution in [2.24, 2.45) is 0 Å². The number of nitrogens with one attached hydrogen (secondary N) is 2. The molecule has 0 saturated carbocycles. The van der Waals surface area contributed by atoms with Crippen molar-refractivity contribution in [2.75, 3.05) is 60.7 Å². The maximum atomic E-state index is 10.5. The van der Waals surface area contributed by atoms with E-state index >= 15 is 0 Å². The van der Waals surface area contributed by atoms with Gasteiger partial charge in [-0.15, -0.1) is 0 Å². The van der Waals surface area contributed by atoms with Crippen LogP contribution in [0.1, 0.15) is 32.1 Å². The van der Waals surface area contributed by atoms with Gasteiger partial charge in [-0.2, -0.15) is 0 Å². The molecule has 2 aliphatic rings. The van der Waals surface area contributed by atoms with Crippen LogP contribution in [0.4, 0.5) is 0 Å². The Morgan fingerprint density at radius 3 is 2.00 bits per heavy atom. The summed E-state index contributed by atoms with van der Waals surface area (Å²) >= 11 is 0. The van der Waals surface area contributed by atoms with Gasteiger partial charge in [0.05, 0.1) is 53.6 Å². The van der Waals surface area contributed by atoms with Crippen LogP contribution in [0, 0.1) is 0 Å². The number of aliphatic hydroxyl groups excluding tert-OH is 1. The fourth-order valence-electron chi connectivity index (χ4n) is 4.78. The minimum Gasteiger partial charge on any atom is -1.00 e. The second kappa shape index (κ2) is 14.1. The first-order valence-electron chi connectivity index (χ1n) is 10.9. The van der Waals surface area contributed by atoms with Gasteiger partial charge in [0.25, 0.3) is 0 Å². The largest absolute Gasteiger partial charge is 1.00 e. The van der Waals surface area contributed by atoms with Crippen molar-refractivity contribution in [1.29, 1.82) is 0 Å². The van der Waals surface area contributed by atoms with E-state index < -0.39 is 6.10 Å². The summed E-state index contributed by atoms with van der Waals surface area (Å²) in [5, 5.41) is 10.5. The van der Waals surface area contributed by atoms with Crippen LogP contribution in [-0.4, -0.2) is 77.9 Å². The SMILES string of the molecule is COc1cc(OCC(O)C[NH+]2CCC([NH+]3CCCCC3)CC2)cc(OC)c1OC.[Cl-].[Cl-]. The smallest absolute Gasteiger partial charge is 0.203 e. The molecule has 7 nitrogen and oxygen atoms in total. The van der Waals surface area contributed by atoms with E-state index in [1.165, 1.54) is 50.1 Å². The number of ether oxygens (including phenoxy) is 4. The van der Waals surface area contributed by atoms with Crippen molar-refractivity contribution in [1.82, 2.24) is 0 Å². The Labute approximate surface area is 198 Å². The lowest BCUT2D eigenvalue weighted by Crippen LogP contribution is -3.21. The molecule has 0 spiro atoms. The van der Waals surface area contributed by atoms with Crippen LogP contribution < -0.4 is 53.6 Å². The van der Waals surface area contributed by atoms with Crippen LogP contribution in [0.2, 0.25) is 0 Å².